The predicted octanol–water partition coefficient (Wildman–Crippen LogP) is 4.34. The molecule has 6 nitrogen and oxygen atoms in total. The van der Waals surface area contributed by atoms with E-state index in [-0.39, 0.29) is 23.2 Å². The van der Waals surface area contributed by atoms with Crippen LogP contribution in [0.4, 0.5) is 11.4 Å². The SMILES string of the molecule is O=C1[C@H]2C3c4ccccc4C(Cl)(c4ccccc43)[C@H]2C(=O)N1c1cccc([N+](=O)[O-])c1. The number of amides is 2. The molecule has 0 saturated carbocycles. The number of non-ortho nitro benzene ring substituents is 1. The number of anilines is 1. The zero-order valence-corrected chi connectivity index (χ0v) is 16.8. The lowest BCUT2D eigenvalue weighted by Gasteiger charge is -2.50. The van der Waals surface area contributed by atoms with Gasteiger partial charge >= 0.3 is 0 Å². The molecule has 3 aliphatic carbocycles. The first-order chi connectivity index (χ1) is 14.9. The smallest absolute Gasteiger partial charge is 0.271 e. The van der Waals surface area contributed by atoms with E-state index >= 15 is 0 Å². The Labute approximate surface area is 182 Å². The van der Waals surface area contributed by atoms with Crippen molar-refractivity contribution in [2.24, 2.45) is 11.8 Å². The Morgan fingerprint density at radius 3 is 2.10 bits per heavy atom. The topological polar surface area (TPSA) is 80.5 Å². The molecule has 31 heavy (non-hydrogen) atoms. The third kappa shape index (κ3) is 2.12. The summed E-state index contributed by atoms with van der Waals surface area (Å²) >= 11 is 7.35. The van der Waals surface area contributed by atoms with Gasteiger partial charge in [0.1, 0.15) is 4.87 Å². The van der Waals surface area contributed by atoms with Crippen LogP contribution < -0.4 is 4.90 Å². The average molecular weight is 431 g/mol. The Morgan fingerprint density at radius 2 is 1.48 bits per heavy atom. The van der Waals surface area contributed by atoms with Gasteiger partial charge < -0.3 is 0 Å². The van der Waals surface area contributed by atoms with E-state index in [2.05, 4.69) is 0 Å². The number of nitro benzene ring substituents is 1. The molecule has 2 amide bonds. The second-order valence-electron chi connectivity index (χ2n) is 8.16. The van der Waals surface area contributed by atoms with E-state index in [9.17, 15) is 19.7 Å². The largest absolute Gasteiger partial charge is 0.274 e. The summed E-state index contributed by atoms with van der Waals surface area (Å²) in [5.74, 6) is -2.52. The summed E-state index contributed by atoms with van der Waals surface area (Å²) in [7, 11) is 0. The normalized spacial score (nSPS) is 27.6. The molecule has 3 aromatic rings. The number of carbonyl (C=O) groups excluding carboxylic acids is 2. The molecule has 1 fully saturated rings. The van der Waals surface area contributed by atoms with Gasteiger partial charge in [0, 0.05) is 18.1 Å². The molecule has 0 spiro atoms. The summed E-state index contributed by atoms with van der Waals surface area (Å²) in [5, 5.41) is 11.2. The molecule has 0 radical (unpaired) electrons. The summed E-state index contributed by atoms with van der Waals surface area (Å²) < 4.78 is 0. The standard InChI is InChI=1S/C24H15ClN2O4/c25-24-17-10-3-1-8-15(17)19(16-9-2-4-11-18(16)24)20-21(24)23(29)26(22(20)28)13-6-5-7-14(12-13)27(30)31/h1-12,19-21H/t19?,20-,21+,24?/m0/s1. The highest BCUT2D eigenvalue weighted by atomic mass is 35.5. The molecule has 152 valence electrons. The highest BCUT2D eigenvalue weighted by Crippen LogP contribution is 2.65. The molecule has 1 aliphatic heterocycles. The van der Waals surface area contributed by atoms with Crippen molar-refractivity contribution in [1.29, 1.82) is 0 Å². The summed E-state index contributed by atoms with van der Waals surface area (Å²) in [6, 6.07) is 21.0. The minimum Gasteiger partial charge on any atom is -0.274 e. The number of nitrogens with zero attached hydrogens (tertiary/aromatic N) is 2. The fraction of sp³-hybridized carbons (Fsp3) is 0.167. The minimum atomic E-state index is -1.17. The van der Waals surface area contributed by atoms with Gasteiger partial charge in [0.05, 0.1) is 22.4 Å². The van der Waals surface area contributed by atoms with Crippen molar-refractivity contribution >= 4 is 34.8 Å². The van der Waals surface area contributed by atoms with E-state index in [1.54, 1.807) is 6.07 Å². The highest BCUT2D eigenvalue weighted by molar-refractivity contribution is 6.33. The summed E-state index contributed by atoms with van der Waals surface area (Å²) in [6.45, 7) is 0. The maximum Gasteiger partial charge on any atom is 0.271 e. The van der Waals surface area contributed by atoms with Gasteiger partial charge in [0.15, 0.2) is 0 Å². The van der Waals surface area contributed by atoms with Gasteiger partial charge in [-0.1, -0.05) is 54.6 Å². The molecular weight excluding hydrogens is 416 g/mol. The van der Waals surface area contributed by atoms with E-state index in [0.717, 1.165) is 27.2 Å². The summed E-state index contributed by atoms with van der Waals surface area (Å²) in [4.78, 5) is 38.0. The molecule has 2 bridgehead atoms. The van der Waals surface area contributed by atoms with Crippen LogP contribution in [-0.2, 0) is 14.5 Å². The number of hydrogen-bond acceptors (Lipinski definition) is 4. The van der Waals surface area contributed by atoms with Gasteiger partial charge in [-0.3, -0.25) is 19.7 Å². The molecule has 1 heterocycles. The van der Waals surface area contributed by atoms with Crippen molar-refractivity contribution < 1.29 is 14.5 Å². The Balaban J connectivity index is 1.58. The second kappa shape index (κ2) is 6.02. The maximum absolute atomic E-state index is 13.7. The number of alkyl halides is 1. The monoisotopic (exact) mass is 430 g/mol. The van der Waals surface area contributed by atoms with Crippen LogP contribution in [0.3, 0.4) is 0 Å². The lowest BCUT2D eigenvalue weighted by molar-refractivity contribution is -0.384. The third-order valence-corrected chi connectivity index (χ3v) is 7.46. The van der Waals surface area contributed by atoms with Gasteiger partial charge in [-0.15, -0.1) is 11.6 Å². The Morgan fingerprint density at radius 1 is 0.871 bits per heavy atom. The van der Waals surface area contributed by atoms with Crippen LogP contribution in [0.25, 0.3) is 0 Å². The molecule has 2 atom stereocenters. The van der Waals surface area contributed by atoms with Crippen molar-refractivity contribution in [2.45, 2.75) is 10.8 Å². The molecule has 7 heteroatoms. The quantitative estimate of drug-likeness (QED) is 0.262. The molecule has 3 aromatic carbocycles. The Bertz CT molecular complexity index is 1270. The molecule has 0 N–H and O–H groups in total. The predicted molar refractivity (Wildman–Crippen MR) is 114 cm³/mol. The maximum atomic E-state index is 13.7. The van der Waals surface area contributed by atoms with Crippen molar-refractivity contribution in [3.05, 3.63) is 105 Å². The molecular formula is C24H15ClN2O4. The molecule has 7 rings (SSSR count). The molecule has 0 aromatic heterocycles. The van der Waals surface area contributed by atoms with Gasteiger partial charge in [0.25, 0.3) is 5.69 Å². The number of carbonyl (C=O) groups is 2. The van der Waals surface area contributed by atoms with Crippen LogP contribution in [0, 0.1) is 22.0 Å². The van der Waals surface area contributed by atoms with E-state index in [0.29, 0.717) is 0 Å². The van der Waals surface area contributed by atoms with E-state index in [4.69, 9.17) is 11.6 Å². The number of halogens is 1. The van der Waals surface area contributed by atoms with Crippen LogP contribution in [0.5, 0.6) is 0 Å². The van der Waals surface area contributed by atoms with Crippen molar-refractivity contribution in [3.63, 3.8) is 0 Å². The first-order valence-corrected chi connectivity index (χ1v) is 10.3. The van der Waals surface area contributed by atoms with Crippen LogP contribution in [-0.4, -0.2) is 16.7 Å². The third-order valence-electron chi connectivity index (χ3n) is 6.81. The van der Waals surface area contributed by atoms with Crippen molar-refractivity contribution in [2.75, 3.05) is 4.90 Å². The molecule has 1 saturated heterocycles. The molecule has 0 unspecified atom stereocenters. The van der Waals surface area contributed by atoms with Crippen molar-refractivity contribution in [1.82, 2.24) is 0 Å². The van der Waals surface area contributed by atoms with Crippen molar-refractivity contribution in [3.8, 4) is 0 Å². The van der Waals surface area contributed by atoms with E-state index in [1.165, 1.54) is 18.2 Å². The fourth-order valence-corrected chi connectivity index (χ4v) is 6.25. The molecule has 4 aliphatic rings. The van der Waals surface area contributed by atoms with Gasteiger partial charge in [-0.25, -0.2) is 4.90 Å². The number of hydrogen-bond donors (Lipinski definition) is 0. The van der Waals surface area contributed by atoms with E-state index in [1.807, 2.05) is 48.5 Å². The minimum absolute atomic E-state index is 0.178. The van der Waals surface area contributed by atoms with E-state index < -0.39 is 27.5 Å². The number of benzene rings is 3. The number of nitro groups is 1. The fourth-order valence-electron chi connectivity index (χ4n) is 5.68. The average Bonchev–Trinajstić information content (AvgIpc) is 3.06. The van der Waals surface area contributed by atoms with Crippen LogP contribution >= 0.6 is 11.6 Å². The summed E-state index contributed by atoms with van der Waals surface area (Å²) in [5.41, 5.74) is 3.64. The first-order valence-electron chi connectivity index (χ1n) is 9.94. The van der Waals surface area contributed by atoms with Crippen LogP contribution in [0.15, 0.2) is 72.8 Å². The van der Waals surface area contributed by atoms with Gasteiger partial charge in [0.2, 0.25) is 11.8 Å². The zero-order chi connectivity index (χ0) is 21.5. The Kier molecular flexibility index (Phi) is 3.55. The number of rotatable bonds is 2. The summed E-state index contributed by atoms with van der Waals surface area (Å²) in [6.07, 6.45) is 0. The second-order valence-corrected chi connectivity index (χ2v) is 8.75. The van der Waals surface area contributed by atoms with Crippen LogP contribution in [0.1, 0.15) is 28.2 Å². The lowest BCUT2D eigenvalue weighted by Crippen LogP contribution is -2.50. The van der Waals surface area contributed by atoms with Gasteiger partial charge in [-0.2, -0.15) is 0 Å². The highest BCUT2D eigenvalue weighted by Gasteiger charge is 2.68. The van der Waals surface area contributed by atoms with Crippen LogP contribution in [0.2, 0.25) is 0 Å². The first kappa shape index (κ1) is 18.3. The lowest BCUT2D eigenvalue weighted by atomic mass is 9.54. The number of imide groups is 1. The zero-order valence-electron chi connectivity index (χ0n) is 16.1. The Hall–Kier alpha value is -3.51. The van der Waals surface area contributed by atoms with Gasteiger partial charge in [-0.05, 0) is 28.3 Å².